The Morgan fingerprint density at radius 1 is 1.00 bits per heavy atom. The van der Waals surface area contributed by atoms with Gasteiger partial charge in [-0.15, -0.1) is 0 Å². The van der Waals surface area contributed by atoms with E-state index in [2.05, 4.69) is 4.98 Å². The predicted octanol–water partition coefficient (Wildman–Crippen LogP) is 3.59. The third kappa shape index (κ3) is 2.63. The van der Waals surface area contributed by atoms with Crippen molar-refractivity contribution in [3.63, 3.8) is 0 Å². The van der Waals surface area contributed by atoms with Crippen LogP contribution < -0.4 is 5.56 Å². The fourth-order valence-corrected chi connectivity index (χ4v) is 2.35. The second kappa shape index (κ2) is 5.75. The molecule has 0 radical (unpaired) electrons. The molecule has 0 aliphatic heterocycles. The number of para-hydroxylation sites is 1. The maximum atomic E-state index is 12.5. The molecular weight excluding hydrogens is 260 g/mol. The lowest BCUT2D eigenvalue weighted by Crippen LogP contribution is -2.22. The number of nitrogens with zero attached hydrogens (tertiary/aromatic N) is 2. The van der Waals surface area contributed by atoms with Gasteiger partial charge in [-0.05, 0) is 30.7 Å². The molecule has 21 heavy (non-hydrogen) atoms. The summed E-state index contributed by atoms with van der Waals surface area (Å²) < 4.78 is 1.70. The van der Waals surface area contributed by atoms with Crippen molar-refractivity contribution in [1.29, 1.82) is 0 Å². The number of hydrogen-bond acceptors (Lipinski definition) is 2. The molecule has 0 atom stereocenters. The van der Waals surface area contributed by atoms with Crippen LogP contribution in [0.15, 0.2) is 59.4 Å². The molecule has 0 spiro atoms. The lowest BCUT2D eigenvalue weighted by Gasteiger charge is -2.08. The van der Waals surface area contributed by atoms with Crippen molar-refractivity contribution in [2.75, 3.05) is 0 Å². The molecular formula is C18H16N2O. The first-order valence-corrected chi connectivity index (χ1v) is 7.02. The van der Waals surface area contributed by atoms with Gasteiger partial charge in [-0.1, -0.05) is 48.5 Å². The average molecular weight is 276 g/mol. The first kappa shape index (κ1) is 13.3. The molecule has 3 nitrogen and oxygen atoms in total. The van der Waals surface area contributed by atoms with E-state index in [4.69, 9.17) is 0 Å². The molecule has 0 aliphatic rings. The Labute approximate surface area is 123 Å². The third-order valence-corrected chi connectivity index (χ3v) is 3.43. The maximum absolute atomic E-state index is 12.5. The van der Waals surface area contributed by atoms with Crippen LogP contribution in [0.4, 0.5) is 0 Å². The molecule has 0 amide bonds. The molecule has 0 fully saturated rings. The van der Waals surface area contributed by atoms with Crippen molar-refractivity contribution >= 4 is 23.1 Å². The van der Waals surface area contributed by atoms with Crippen LogP contribution in [0.5, 0.6) is 0 Å². The van der Waals surface area contributed by atoms with Crippen LogP contribution in [-0.4, -0.2) is 9.55 Å². The van der Waals surface area contributed by atoms with Gasteiger partial charge in [0.15, 0.2) is 0 Å². The molecule has 1 aromatic heterocycles. The summed E-state index contributed by atoms with van der Waals surface area (Å²) in [6.45, 7) is 2.56. The summed E-state index contributed by atoms with van der Waals surface area (Å²) in [7, 11) is 0. The van der Waals surface area contributed by atoms with Gasteiger partial charge in [0.25, 0.3) is 5.56 Å². The van der Waals surface area contributed by atoms with Gasteiger partial charge in [-0.25, -0.2) is 4.98 Å². The van der Waals surface area contributed by atoms with Crippen molar-refractivity contribution < 1.29 is 0 Å². The van der Waals surface area contributed by atoms with Crippen LogP contribution in [0.2, 0.25) is 0 Å². The monoisotopic (exact) mass is 276 g/mol. The molecule has 2 aromatic carbocycles. The normalized spacial score (nSPS) is 11.3. The predicted molar refractivity (Wildman–Crippen MR) is 87.0 cm³/mol. The van der Waals surface area contributed by atoms with Gasteiger partial charge in [0.2, 0.25) is 0 Å². The maximum Gasteiger partial charge on any atom is 0.261 e. The zero-order chi connectivity index (χ0) is 14.7. The molecule has 3 aromatic rings. The fraction of sp³-hybridized carbons (Fsp3) is 0.111. The zero-order valence-corrected chi connectivity index (χ0v) is 11.9. The minimum atomic E-state index is 0.0100. The van der Waals surface area contributed by atoms with E-state index in [-0.39, 0.29) is 5.56 Å². The SMILES string of the molecule is CCn1c(/C=C\c2ccccc2)nc2ccccc2c1=O. The second-order valence-corrected chi connectivity index (χ2v) is 4.78. The standard InChI is InChI=1S/C18H16N2O/c1-2-20-17(13-12-14-8-4-3-5-9-14)19-16-11-7-6-10-15(16)18(20)21/h3-13H,2H2,1H3/b13-12-. The largest absolute Gasteiger partial charge is 0.293 e. The summed E-state index contributed by atoms with van der Waals surface area (Å²) in [6.07, 6.45) is 3.87. The Morgan fingerprint density at radius 3 is 2.48 bits per heavy atom. The Bertz CT molecular complexity index is 848. The lowest BCUT2D eigenvalue weighted by atomic mass is 10.2. The molecule has 0 N–H and O–H groups in total. The first-order chi connectivity index (χ1) is 10.3. The summed E-state index contributed by atoms with van der Waals surface area (Å²) in [4.78, 5) is 17.1. The van der Waals surface area contributed by atoms with Crippen LogP contribution in [0.3, 0.4) is 0 Å². The van der Waals surface area contributed by atoms with Gasteiger partial charge in [-0.2, -0.15) is 0 Å². The van der Waals surface area contributed by atoms with E-state index in [0.717, 1.165) is 11.1 Å². The van der Waals surface area contributed by atoms with Crippen LogP contribution >= 0.6 is 0 Å². The summed E-state index contributed by atoms with van der Waals surface area (Å²) >= 11 is 0. The van der Waals surface area contributed by atoms with Gasteiger partial charge < -0.3 is 0 Å². The van der Waals surface area contributed by atoms with E-state index in [1.54, 1.807) is 4.57 Å². The van der Waals surface area contributed by atoms with Crippen LogP contribution in [0.1, 0.15) is 18.3 Å². The first-order valence-electron chi connectivity index (χ1n) is 7.02. The van der Waals surface area contributed by atoms with Gasteiger partial charge in [0.05, 0.1) is 10.9 Å². The third-order valence-electron chi connectivity index (χ3n) is 3.43. The molecule has 0 saturated heterocycles. The molecule has 3 heteroatoms. The average Bonchev–Trinajstić information content (AvgIpc) is 2.54. The van der Waals surface area contributed by atoms with Crippen molar-refractivity contribution in [1.82, 2.24) is 9.55 Å². The number of benzene rings is 2. The molecule has 0 saturated carbocycles. The quantitative estimate of drug-likeness (QED) is 0.732. The van der Waals surface area contributed by atoms with Crippen molar-refractivity contribution in [2.45, 2.75) is 13.5 Å². The van der Waals surface area contributed by atoms with E-state index in [1.807, 2.05) is 73.7 Å². The van der Waals surface area contributed by atoms with Gasteiger partial charge in [-0.3, -0.25) is 9.36 Å². The number of fused-ring (bicyclic) bond motifs is 1. The Kier molecular flexibility index (Phi) is 3.65. The minimum Gasteiger partial charge on any atom is -0.293 e. The highest BCUT2D eigenvalue weighted by Gasteiger charge is 2.06. The number of rotatable bonds is 3. The topological polar surface area (TPSA) is 34.9 Å². The smallest absolute Gasteiger partial charge is 0.261 e. The van der Waals surface area contributed by atoms with Gasteiger partial charge >= 0.3 is 0 Å². The summed E-state index contributed by atoms with van der Waals surface area (Å²) in [6, 6.07) is 17.4. The van der Waals surface area contributed by atoms with E-state index >= 15 is 0 Å². The van der Waals surface area contributed by atoms with Gasteiger partial charge in [0.1, 0.15) is 5.82 Å². The van der Waals surface area contributed by atoms with Crippen molar-refractivity contribution in [2.24, 2.45) is 0 Å². The molecule has 0 bridgehead atoms. The number of hydrogen-bond donors (Lipinski definition) is 0. The Morgan fingerprint density at radius 2 is 1.71 bits per heavy atom. The molecule has 0 unspecified atom stereocenters. The second-order valence-electron chi connectivity index (χ2n) is 4.78. The Hall–Kier alpha value is -2.68. The lowest BCUT2D eigenvalue weighted by molar-refractivity contribution is 0.708. The van der Waals surface area contributed by atoms with Crippen LogP contribution in [0, 0.1) is 0 Å². The molecule has 3 rings (SSSR count). The minimum absolute atomic E-state index is 0.0100. The van der Waals surface area contributed by atoms with Crippen LogP contribution in [-0.2, 0) is 6.54 Å². The van der Waals surface area contributed by atoms with Crippen molar-refractivity contribution in [3.05, 3.63) is 76.3 Å². The highest BCUT2D eigenvalue weighted by atomic mass is 16.1. The molecule has 104 valence electrons. The van der Waals surface area contributed by atoms with E-state index in [1.165, 1.54) is 0 Å². The van der Waals surface area contributed by atoms with E-state index < -0.39 is 0 Å². The molecule has 1 heterocycles. The highest BCUT2D eigenvalue weighted by Crippen LogP contribution is 2.11. The van der Waals surface area contributed by atoms with Crippen LogP contribution in [0.25, 0.3) is 23.1 Å². The summed E-state index contributed by atoms with van der Waals surface area (Å²) in [5.74, 6) is 0.685. The summed E-state index contributed by atoms with van der Waals surface area (Å²) in [5, 5.41) is 0.663. The zero-order valence-electron chi connectivity index (χ0n) is 11.9. The highest BCUT2D eigenvalue weighted by molar-refractivity contribution is 5.79. The van der Waals surface area contributed by atoms with Crippen molar-refractivity contribution in [3.8, 4) is 0 Å². The number of aromatic nitrogens is 2. The van der Waals surface area contributed by atoms with Gasteiger partial charge in [0, 0.05) is 6.54 Å². The fourth-order valence-electron chi connectivity index (χ4n) is 2.35. The Balaban J connectivity index is 2.14. The van der Waals surface area contributed by atoms with E-state index in [0.29, 0.717) is 17.8 Å². The molecule has 0 aliphatic carbocycles. The summed E-state index contributed by atoms with van der Waals surface area (Å²) in [5.41, 5.74) is 1.83. The van der Waals surface area contributed by atoms with E-state index in [9.17, 15) is 4.79 Å².